The molecule has 12 heteroatoms. The van der Waals surface area contributed by atoms with Gasteiger partial charge < -0.3 is 0 Å². The van der Waals surface area contributed by atoms with Crippen molar-refractivity contribution in [1.82, 2.24) is 14.2 Å². The van der Waals surface area contributed by atoms with Crippen molar-refractivity contribution in [3.63, 3.8) is 0 Å². The number of amides is 2. The molecule has 3 rings (SSSR count). The number of carbonyl (C=O) groups excluding carboxylic acids is 2. The van der Waals surface area contributed by atoms with Crippen LogP contribution in [0.1, 0.15) is 5.69 Å². The average molecular weight is 446 g/mol. The molecule has 0 unspecified atom stereocenters. The van der Waals surface area contributed by atoms with Crippen molar-refractivity contribution in [3.8, 4) is 0 Å². The zero-order valence-electron chi connectivity index (χ0n) is 15.2. The summed E-state index contributed by atoms with van der Waals surface area (Å²) >= 11 is 4.97. The maximum absolute atomic E-state index is 13.1. The van der Waals surface area contributed by atoms with Crippen LogP contribution in [0.2, 0.25) is 0 Å². The Morgan fingerprint density at radius 3 is 2.57 bits per heavy atom. The summed E-state index contributed by atoms with van der Waals surface area (Å²) in [5.41, 5.74) is -0.986. The van der Waals surface area contributed by atoms with Crippen LogP contribution in [0.3, 0.4) is 0 Å². The van der Waals surface area contributed by atoms with E-state index in [0.29, 0.717) is 0 Å². The van der Waals surface area contributed by atoms with Gasteiger partial charge in [-0.25, -0.2) is 12.4 Å². The fraction of sp³-hybridized carbons (Fsp3) is 0.0556. The van der Waals surface area contributed by atoms with Crippen molar-refractivity contribution in [2.45, 2.75) is 4.90 Å². The number of thiocarbonyl (C=S) groups is 1. The summed E-state index contributed by atoms with van der Waals surface area (Å²) < 4.78 is 26.9. The van der Waals surface area contributed by atoms with E-state index in [-0.39, 0.29) is 22.9 Å². The molecule has 2 amide bonds. The molecule has 1 saturated heterocycles. The minimum absolute atomic E-state index is 0.0435. The molecule has 0 bridgehead atoms. The number of rotatable bonds is 6. The number of nitro groups is 1. The van der Waals surface area contributed by atoms with Crippen LogP contribution in [0.15, 0.2) is 65.7 Å². The lowest BCUT2D eigenvalue weighted by Crippen LogP contribution is -2.53. The third kappa shape index (κ3) is 3.65. The molecule has 0 saturated carbocycles. The van der Waals surface area contributed by atoms with E-state index >= 15 is 0 Å². The lowest BCUT2D eigenvalue weighted by Gasteiger charge is -2.27. The summed E-state index contributed by atoms with van der Waals surface area (Å²) in [6.07, 6.45) is 3.67. The van der Waals surface area contributed by atoms with Gasteiger partial charge in [0.05, 0.1) is 10.6 Å². The van der Waals surface area contributed by atoms with Gasteiger partial charge in [0.25, 0.3) is 27.5 Å². The Morgan fingerprint density at radius 2 is 1.90 bits per heavy atom. The summed E-state index contributed by atoms with van der Waals surface area (Å²) in [6.45, 7) is 3.57. The van der Waals surface area contributed by atoms with Gasteiger partial charge >= 0.3 is 0 Å². The van der Waals surface area contributed by atoms with Crippen LogP contribution in [0.25, 0.3) is 6.08 Å². The number of benzene rings is 1. The zero-order chi connectivity index (χ0) is 22.1. The van der Waals surface area contributed by atoms with Crippen LogP contribution in [-0.4, -0.2) is 45.7 Å². The van der Waals surface area contributed by atoms with Crippen LogP contribution in [0.5, 0.6) is 0 Å². The standard InChI is InChI=1S/C18H14N4O6S2/c1-2-9-20-17(24)13(16(23)19-18(20)29)11-12-6-5-10-21(12)30(27,28)15-8-4-3-7-14(15)22(25)26/h2-8,10-11H,1,9H2,(H,19,23,29). The molecular weight excluding hydrogens is 432 g/mol. The molecule has 1 aromatic heterocycles. The smallest absolute Gasteiger partial charge is 0.289 e. The molecule has 1 fully saturated rings. The Labute approximate surface area is 176 Å². The summed E-state index contributed by atoms with van der Waals surface area (Å²) in [5, 5.41) is 13.5. The highest BCUT2D eigenvalue weighted by molar-refractivity contribution is 7.90. The number of nitro benzene ring substituents is 1. The molecule has 30 heavy (non-hydrogen) atoms. The maximum atomic E-state index is 13.1. The molecule has 1 aliphatic heterocycles. The second-order valence-corrected chi connectivity index (χ2v) is 8.15. The molecule has 1 N–H and O–H groups in total. The van der Waals surface area contributed by atoms with Gasteiger partial charge in [0.2, 0.25) is 0 Å². The fourth-order valence-corrected chi connectivity index (χ4v) is 4.52. The number of hydrogen-bond donors (Lipinski definition) is 1. The normalized spacial score (nSPS) is 15.9. The van der Waals surface area contributed by atoms with Crippen molar-refractivity contribution in [2.75, 3.05) is 6.54 Å². The number of hydrogen-bond acceptors (Lipinski definition) is 7. The molecule has 2 heterocycles. The summed E-state index contributed by atoms with van der Waals surface area (Å²) in [5.74, 6) is -1.51. The van der Waals surface area contributed by atoms with Crippen LogP contribution < -0.4 is 5.32 Å². The average Bonchev–Trinajstić information content (AvgIpc) is 3.17. The topological polar surface area (TPSA) is 132 Å². The number of nitrogens with zero attached hydrogens (tertiary/aromatic N) is 3. The minimum Gasteiger partial charge on any atom is -0.298 e. The third-order valence-corrected chi connectivity index (χ3v) is 6.21. The molecule has 0 spiro atoms. The van der Waals surface area contributed by atoms with E-state index in [0.717, 1.165) is 33.3 Å². The van der Waals surface area contributed by atoms with Gasteiger partial charge in [0, 0.05) is 18.8 Å². The monoisotopic (exact) mass is 446 g/mol. The number of nitrogens with one attached hydrogen (secondary N) is 1. The van der Waals surface area contributed by atoms with Gasteiger partial charge in [-0.3, -0.25) is 29.9 Å². The van der Waals surface area contributed by atoms with Crippen molar-refractivity contribution in [2.24, 2.45) is 0 Å². The van der Waals surface area contributed by atoms with E-state index in [1.807, 2.05) is 0 Å². The highest BCUT2D eigenvalue weighted by Crippen LogP contribution is 2.27. The molecule has 1 aliphatic rings. The largest absolute Gasteiger partial charge is 0.298 e. The maximum Gasteiger partial charge on any atom is 0.289 e. The Hall–Kier alpha value is -3.64. The van der Waals surface area contributed by atoms with Crippen LogP contribution in [0, 0.1) is 10.1 Å². The van der Waals surface area contributed by atoms with Gasteiger partial charge in [0.15, 0.2) is 10.0 Å². The predicted molar refractivity (Wildman–Crippen MR) is 111 cm³/mol. The lowest BCUT2D eigenvalue weighted by molar-refractivity contribution is -0.387. The molecular formula is C18H14N4O6S2. The van der Waals surface area contributed by atoms with Gasteiger partial charge in [-0.15, -0.1) is 6.58 Å². The van der Waals surface area contributed by atoms with Gasteiger partial charge in [0.1, 0.15) is 5.57 Å². The van der Waals surface area contributed by atoms with E-state index in [1.165, 1.54) is 30.3 Å². The first-order valence-corrected chi connectivity index (χ1v) is 10.2. The second kappa shape index (κ2) is 8.00. The molecule has 154 valence electrons. The predicted octanol–water partition coefficient (Wildman–Crippen LogP) is 1.45. The van der Waals surface area contributed by atoms with Gasteiger partial charge in [-0.05, 0) is 36.5 Å². The van der Waals surface area contributed by atoms with E-state index in [2.05, 4.69) is 11.9 Å². The molecule has 0 radical (unpaired) electrons. The summed E-state index contributed by atoms with van der Waals surface area (Å²) in [4.78, 5) is 35.9. The van der Waals surface area contributed by atoms with Crippen molar-refractivity contribution in [3.05, 3.63) is 76.6 Å². The molecule has 0 aliphatic carbocycles. The molecule has 0 atom stereocenters. The SMILES string of the molecule is C=CCN1C(=O)C(=Cc2cccn2S(=O)(=O)c2ccccc2[N+](=O)[O-])C(=O)NC1=S. The first kappa shape index (κ1) is 21.1. The quantitative estimate of drug-likeness (QED) is 0.177. The second-order valence-electron chi connectivity index (χ2n) is 5.98. The van der Waals surface area contributed by atoms with Gasteiger partial charge in [-0.1, -0.05) is 18.2 Å². The summed E-state index contributed by atoms with van der Waals surface area (Å²) in [6, 6.07) is 7.60. The highest BCUT2D eigenvalue weighted by atomic mass is 32.2. The van der Waals surface area contributed by atoms with E-state index in [1.54, 1.807) is 0 Å². The Balaban J connectivity index is 2.11. The fourth-order valence-electron chi connectivity index (χ4n) is 2.78. The lowest BCUT2D eigenvalue weighted by atomic mass is 10.1. The highest BCUT2D eigenvalue weighted by Gasteiger charge is 2.34. The number of para-hydroxylation sites is 1. The number of carbonyl (C=O) groups is 2. The molecule has 1 aromatic carbocycles. The van der Waals surface area contributed by atoms with E-state index < -0.39 is 37.3 Å². The zero-order valence-corrected chi connectivity index (χ0v) is 16.9. The summed E-state index contributed by atoms with van der Waals surface area (Å²) in [7, 11) is -4.39. The van der Waals surface area contributed by atoms with Crippen LogP contribution in [-0.2, 0) is 19.6 Å². The Kier molecular flexibility index (Phi) is 5.62. The van der Waals surface area contributed by atoms with E-state index in [9.17, 15) is 28.1 Å². The third-order valence-electron chi connectivity index (χ3n) is 4.13. The van der Waals surface area contributed by atoms with Crippen molar-refractivity contribution < 1.29 is 22.9 Å². The van der Waals surface area contributed by atoms with Crippen LogP contribution in [0.4, 0.5) is 5.69 Å². The first-order valence-electron chi connectivity index (χ1n) is 8.34. The van der Waals surface area contributed by atoms with Crippen LogP contribution >= 0.6 is 12.2 Å². The molecule has 2 aromatic rings. The van der Waals surface area contributed by atoms with Crippen molar-refractivity contribution >= 4 is 50.9 Å². The van der Waals surface area contributed by atoms with Gasteiger partial charge in [-0.2, -0.15) is 0 Å². The Bertz CT molecular complexity index is 1230. The number of aromatic nitrogens is 1. The van der Waals surface area contributed by atoms with E-state index in [4.69, 9.17) is 12.2 Å². The Morgan fingerprint density at radius 1 is 1.20 bits per heavy atom. The first-order chi connectivity index (χ1) is 14.2. The molecule has 10 nitrogen and oxygen atoms in total. The van der Waals surface area contributed by atoms with Crippen molar-refractivity contribution in [1.29, 1.82) is 0 Å². The minimum atomic E-state index is -4.39.